The fourth-order valence-corrected chi connectivity index (χ4v) is 4.33. The Bertz CT molecular complexity index is 1180. The molecule has 6 heteroatoms. The van der Waals surface area contributed by atoms with Crippen LogP contribution in [0, 0.1) is 18.3 Å². The molecule has 1 unspecified atom stereocenters. The molecule has 0 bridgehead atoms. The van der Waals surface area contributed by atoms with Crippen molar-refractivity contribution in [2.45, 2.75) is 38.8 Å². The molecule has 3 aromatic rings. The van der Waals surface area contributed by atoms with Crippen molar-refractivity contribution in [1.82, 2.24) is 14.9 Å². The summed E-state index contributed by atoms with van der Waals surface area (Å²) in [6, 6.07) is 12.6. The number of β-amino-alcohol motifs (C(OH)–C–C–N with tert-alkyl or cyclic N) is 1. The first-order chi connectivity index (χ1) is 14.9. The number of likely N-dealkylation sites (tertiary alicyclic amines) is 1. The number of rotatable bonds is 5. The second kappa shape index (κ2) is 8.46. The van der Waals surface area contributed by atoms with E-state index < -0.39 is 5.60 Å². The zero-order valence-electron chi connectivity index (χ0n) is 18.0. The summed E-state index contributed by atoms with van der Waals surface area (Å²) < 4.78 is 0. The van der Waals surface area contributed by atoms with E-state index in [0.717, 1.165) is 59.3 Å². The maximum Gasteiger partial charge on any atom is 0.140 e. The second-order valence-corrected chi connectivity index (χ2v) is 8.59. The van der Waals surface area contributed by atoms with Gasteiger partial charge in [-0.15, -0.1) is 0 Å². The Morgan fingerprint density at radius 1 is 1.39 bits per heavy atom. The average Bonchev–Trinajstić information content (AvgIpc) is 3.06. The molecule has 1 aliphatic rings. The zero-order chi connectivity index (χ0) is 22.0. The summed E-state index contributed by atoms with van der Waals surface area (Å²) in [7, 11) is 0. The first-order valence-corrected chi connectivity index (χ1v) is 10.5. The van der Waals surface area contributed by atoms with Gasteiger partial charge in [0, 0.05) is 41.5 Å². The third-order valence-electron chi connectivity index (χ3n) is 5.90. The van der Waals surface area contributed by atoms with E-state index in [9.17, 15) is 10.4 Å². The molecule has 2 N–H and O–H groups in total. The molecule has 1 fully saturated rings. The summed E-state index contributed by atoms with van der Waals surface area (Å²) in [5.41, 5.74) is 5.63. The Balaban J connectivity index is 1.59. The van der Waals surface area contributed by atoms with E-state index in [1.54, 1.807) is 6.08 Å². The van der Waals surface area contributed by atoms with Crippen molar-refractivity contribution < 1.29 is 5.11 Å². The van der Waals surface area contributed by atoms with Crippen LogP contribution in [0.5, 0.6) is 0 Å². The van der Waals surface area contributed by atoms with Crippen LogP contribution in [0.15, 0.2) is 47.2 Å². The molecule has 1 aliphatic heterocycles. The minimum absolute atomic E-state index is 0.274. The number of aliphatic hydroxyl groups is 1. The minimum atomic E-state index is -0.591. The molecule has 158 valence electrons. The monoisotopic (exact) mass is 413 g/mol. The van der Waals surface area contributed by atoms with Gasteiger partial charge in [-0.05, 0) is 63.2 Å². The number of aryl methyl sites for hydroxylation is 1. The van der Waals surface area contributed by atoms with Gasteiger partial charge >= 0.3 is 0 Å². The van der Waals surface area contributed by atoms with Crippen molar-refractivity contribution in [2.24, 2.45) is 4.99 Å². The molecule has 0 spiro atoms. The van der Waals surface area contributed by atoms with Gasteiger partial charge in [0.05, 0.1) is 5.60 Å². The summed E-state index contributed by atoms with van der Waals surface area (Å²) in [6.07, 6.45) is 5.49. The lowest BCUT2D eigenvalue weighted by atomic mass is 9.94. The first kappa shape index (κ1) is 21.0. The SMILES string of the molecule is C=N/C(C#N)=C/c1c(C)[nH]c2ncc(-c3ccc(CN4CCCC(C)(O)C4)cc3)cc12. The number of H-pyrrole nitrogens is 1. The highest BCUT2D eigenvalue weighted by Gasteiger charge is 2.28. The Kier molecular flexibility index (Phi) is 5.73. The predicted molar refractivity (Wildman–Crippen MR) is 125 cm³/mol. The lowest BCUT2D eigenvalue weighted by molar-refractivity contribution is -0.0181. The Morgan fingerprint density at radius 2 is 2.16 bits per heavy atom. The molecule has 31 heavy (non-hydrogen) atoms. The quantitative estimate of drug-likeness (QED) is 0.478. The molecule has 0 amide bonds. The van der Waals surface area contributed by atoms with E-state index in [0.29, 0.717) is 6.54 Å². The summed E-state index contributed by atoms with van der Waals surface area (Å²) in [6.45, 7) is 9.91. The van der Waals surface area contributed by atoms with Gasteiger partial charge in [-0.3, -0.25) is 9.89 Å². The Labute approximate surface area is 182 Å². The molecule has 0 radical (unpaired) electrons. The van der Waals surface area contributed by atoms with Crippen molar-refractivity contribution in [3.8, 4) is 17.2 Å². The number of hydrogen-bond acceptors (Lipinski definition) is 5. The number of aliphatic imine (C=N–C) groups is 1. The number of piperidine rings is 1. The van der Waals surface area contributed by atoms with Crippen molar-refractivity contribution in [2.75, 3.05) is 13.1 Å². The van der Waals surface area contributed by atoms with Crippen LogP contribution in [0.4, 0.5) is 0 Å². The van der Waals surface area contributed by atoms with E-state index >= 15 is 0 Å². The molecule has 6 nitrogen and oxygen atoms in total. The van der Waals surface area contributed by atoms with Gasteiger partial charge in [0.15, 0.2) is 0 Å². The van der Waals surface area contributed by atoms with E-state index in [1.807, 2.05) is 20.0 Å². The zero-order valence-corrected chi connectivity index (χ0v) is 18.0. The molecule has 1 saturated heterocycles. The number of benzene rings is 1. The molecule has 4 rings (SSSR count). The maximum absolute atomic E-state index is 10.3. The van der Waals surface area contributed by atoms with Crippen LogP contribution in [-0.4, -0.2) is 45.4 Å². The molecule has 1 aromatic carbocycles. The number of allylic oxidation sites excluding steroid dienone is 1. The highest BCUT2D eigenvalue weighted by Crippen LogP contribution is 2.29. The first-order valence-electron chi connectivity index (χ1n) is 10.5. The summed E-state index contributed by atoms with van der Waals surface area (Å²) in [4.78, 5) is 13.9. The minimum Gasteiger partial charge on any atom is -0.389 e. The summed E-state index contributed by atoms with van der Waals surface area (Å²) in [5, 5.41) is 20.5. The van der Waals surface area contributed by atoms with Crippen LogP contribution in [0.3, 0.4) is 0 Å². The van der Waals surface area contributed by atoms with E-state index in [2.05, 4.69) is 63.0 Å². The van der Waals surface area contributed by atoms with Crippen molar-refractivity contribution in [1.29, 1.82) is 5.26 Å². The van der Waals surface area contributed by atoms with E-state index in [-0.39, 0.29) is 5.70 Å². The van der Waals surface area contributed by atoms with Crippen LogP contribution >= 0.6 is 0 Å². The van der Waals surface area contributed by atoms with Gasteiger partial charge in [0.1, 0.15) is 17.4 Å². The Morgan fingerprint density at radius 3 is 2.84 bits per heavy atom. The number of aromatic amines is 1. The van der Waals surface area contributed by atoms with Crippen LogP contribution < -0.4 is 0 Å². The predicted octanol–water partition coefficient (Wildman–Crippen LogP) is 4.45. The van der Waals surface area contributed by atoms with Crippen LogP contribution in [-0.2, 0) is 6.54 Å². The molecular formula is C25H27N5O. The second-order valence-electron chi connectivity index (χ2n) is 8.59. The summed E-state index contributed by atoms with van der Waals surface area (Å²) in [5.74, 6) is 0. The van der Waals surface area contributed by atoms with E-state index in [1.165, 1.54) is 5.56 Å². The third kappa shape index (κ3) is 4.58. The third-order valence-corrected chi connectivity index (χ3v) is 5.90. The maximum atomic E-state index is 10.3. The van der Waals surface area contributed by atoms with Crippen LogP contribution in [0.25, 0.3) is 28.2 Å². The van der Waals surface area contributed by atoms with Crippen molar-refractivity contribution in [3.05, 3.63) is 59.0 Å². The normalized spacial score (nSPS) is 20.0. The molecule has 2 aromatic heterocycles. The van der Waals surface area contributed by atoms with Gasteiger partial charge in [0.2, 0.25) is 0 Å². The lowest BCUT2D eigenvalue weighted by Gasteiger charge is -2.36. The topological polar surface area (TPSA) is 88.3 Å². The number of nitriles is 1. The van der Waals surface area contributed by atoms with Crippen molar-refractivity contribution >= 4 is 23.8 Å². The standard InChI is InChI=1S/C25H27N5O/c1-17-22(12-21(13-26)27-3)23-11-20(14-28-24(23)29-17)19-7-5-18(6-8-19)15-30-10-4-9-25(2,31)16-30/h5-8,11-12,14,31H,3-4,9-10,15-16H2,1-2H3,(H,28,29)/b21-12+. The number of pyridine rings is 1. The average molecular weight is 414 g/mol. The molecule has 3 heterocycles. The van der Waals surface area contributed by atoms with E-state index in [4.69, 9.17) is 0 Å². The van der Waals surface area contributed by atoms with Gasteiger partial charge in [-0.2, -0.15) is 5.26 Å². The number of fused-ring (bicyclic) bond motifs is 1. The van der Waals surface area contributed by atoms with Gasteiger partial charge in [-0.1, -0.05) is 24.3 Å². The fraction of sp³-hybridized carbons (Fsp3) is 0.320. The van der Waals surface area contributed by atoms with Gasteiger partial charge in [-0.25, -0.2) is 4.98 Å². The number of hydrogen-bond donors (Lipinski definition) is 2. The number of aromatic nitrogens is 2. The summed E-state index contributed by atoms with van der Waals surface area (Å²) >= 11 is 0. The van der Waals surface area contributed by atoms with Gasteiger partial charge in [0.25, 0.3) is 0 Å². The molecule has 0 saturated carbocycles. The van der Waals surface area contributed by atoms with Gasteiger partial charge < -0.3 is 10.1 Å². The number of nitrogens with one attached hydrogen (secondary N) is 1. The van der Waals surface area contributed by atoms with Crippen molar-refractivity contribution in [3.63, 3.8) is 0 Å². The molecule has 1 atom stereocenters. The lowest BCUT2D eigenvalue weighted by Crippen LogP contribution is -2.45. The van der Waals surface area contributed by atoms with Crippen LogP contribution in [0.1, 0.15) is 36.6 Å². The smallest absolute Gasteiger partial charge is 0.140 e. The molecule has 0 aliphatic carbocycles. The van der Waals surface area contributed by atoms with Crippen LogP contribution in [0.2, 0.25) is 0 Å². The fourth-order valence-electron chi connectivity index (χ4n) is 4.33. The Hall–Kier alpha value is -3.27. The molecular weight excluding hydrogens is 386 g/mol. The number of nitrogens with zero attached hydrogens (tertiary/aromatic N) is 4. The highest BCUT2D eigenvalue weighted by atomic mass is 16.3. The largest absolute Gasteiger partial charge is 0.389 e. The highest BCUT2D eigenvalue weighted by molar-refractivity contribution is 5.91.